The van der Waals surface area contributed by atoms with Gasteiger partial charge in [-0.25, -0.2) is 0 Å². The van der Waals surface area contributed by atoms with E-state index >= 15 is 0 Å². The SMILES string of the molecule is CCCCOCCC(Cl)(Cl)C(F)(F)F. The van der Waals surface area contributed by atoms with Crippen molar-refractivity contribution in [3.8, 4) is 0 Å². The average molecular weight is 253 g/mol. The minimum absolute atomic E-state index is 0.0769. The van der Waals surface area contributed by atoms with Crippen molar-refractivity contribution in [2.24, 2.45) is 0 Å². The summed E-state index contributed by atoms with van der Waals surface area (Å²) >= 11 is 10.2. The summed E-state index contributed by atoms with van der Waals surface area (Å²) in [4.78, 5) is 0. The Morgan fingerprint density at radius 2 is 1.71 bits per heavy atom. The van der Waals surface area contributed by atoms with Gasteiger partial charge >= 0.3 is 6.18 Å². The Morgan fingerprint density at radius 3 is 2.14 bits per heavy atom. The number of unbranched alkanes of at least 4 members (excludes halogenated alkanes) is 1. The molecule has 0 radical (unpaired) electrons. The average Bonchev–Trinajstić information content (AvgIpc) is 2.02. The van der Waals surface area contributed by atoms with Gasteiger partial charge in [0.25, 0.3) is 0 Å². The smallest absolute Gasteiger partial charge is 0.381 e. The quantitative estimate of drug-likeness (QED) is 0.514. The maximum Gasteiger partial charge on any atom is 0.421 e. The molecule has 0 saturated heterocycles. The van der Waals surface area contributed by atoms with Gasteiger partial charge in [-0.15, -0.1) is 0 Å². The number of hydrogen-bond acceptors (Lipinski definition) is 1. The van der Waals surface area contributed by atoms with Crippen LogP contribution in [-0.2, 0) is 4.74 Å². The van der Waals surface area contributed by atoms with E-state index in [1.807, 2.05) is 6.92 Å². The first kappa shape index (κ1) is 14.3. The maximum atomic E-state index is 12.1. The monoisotopic (exact) mass is 252 g/mol. The topological polar surface area (TPSA) is 9.23 Å². The Balaban J connectivity index is 3.67. The van der Waals surface area contributed by atoms with Gasteiger partial charge < -0.3 is 4.74 Å². The van der Waals surface area contributed by atoms with Gasteiger partial charge in [0.1, 0.15) is 0 Å². The van der Waals surface area contributed by atoms with Crippen LogP contribution >= 0.6 is 23.2 Å². The van der Waals surface area contributed by atoms with E-state index in [1.165, 1.54) is 0 Å². The standard InChI is InChI=1S/C8H13Cl2F3O/c1-2-3-5-14-6-4-7(9,10)8(11,12)13/h2-6H2,1H3. The molecule has 6 heteroatoms. The van der Waals surface area contributed by atoms with Gasteiger partial charge in [-0.05, 0) is 6.42 Å². The predicted molar refractivity (Wildman–Crippen MR) is 50.8 cm³/mol. The summed E-state index contributed by atoms with van der Waals surface area (Å²) in [5.41, 5.74) is 0. The first-order valence-corrected chi connectivity index (χ1v) is 5.09. The molecule has 1 nitrogen and oxygen atoms in total. The highest BCUT2D eigenvalue weighted by Crippen LogP contribution is 2.42. The fourth-order valence-corrected chi connectivity index (χ4v) is 0.845. The molecule has 0 amide bonds. The van der Waals surface area contributed by atoms with Crippen molar-refractivity contribution >= 4 is 23.2 Å². The molecule has 0 rings (SSSR count). The molecule has 0 heterocycles. The molecule has 0 aliphatic carbocycles. The van der Waals surface area contributed by atoms with Crippen LogP contribution in [0.25, 0.3) is 0 Å². The van der Waals surface area contributed by atoms with Crippen molar-refractivity contribution in [2.45, 2.75) is 36.7 Å². The lowest BCUT2D eigenvalue weighted by Gasteiger charge is -2.22. The summed E-state index contributed by atoms with van der Waals surface area (Å²) in [5.74, 6) is 0. The summed E-state index contributed by atoms with van der Waals surface area (Å²) < 4.78 is 38.5. The molecular weight excluding hydrogens is 240 g/mol. The van der Waals surface area contributed by atoms with Gasteiger partial charge in [0.2, 0.25) is 4.33 Å². The van der Waals surface area contributed by atoms with Crippen LogP contribution in [0.1, 0.15) is 26.2 Å². The Bertz CT molecular complexity index is 159. The van der Waals surface area contributed by atoms with E-state index in [0.29, 0.717) is 6.61 Å². The lowest BCUT2D eigenvalue weighted by atomic mass is 10.3. The Kier molecular flexibility index (Phi) is 6.17. The zero-order valence-electron chi connectivity index (χ0n) is 7.83. The van der Waals surface area contributed by atoms with E-state index in [4.69, 9.17) is 27.9 Å². The Morgan fingerprint density at radius 1 is 1.14 bits per heavy atom. The highest BCUT2D eigenvalue weighted by Gasteiger charge is 2.52. The molecule has 0 aliphatic heterocycles. The molecule has 0 fully saturated rings. The zero-order chi connectivity index (χ0) is 11.2. The fourth-order valence-electron chi connectivity index (χ4n) is 0.691. The number of alkyl halides is 5. The molecule has 0 aromatic heterocycles. The van der Waals surface area contributed by atoms with E-state index < -0.39 is 16.9 Å². The normalized spacial score (nSPS) is 13.3. The fraction of sp³-hybridized carbons (Fsp3) is 1.00. The number of ether oxygens (including phenoxy) is 1. The first-order chi connectivity index (χ1) is 6.31. The van der Waals surface area contributed by atoms with Gasteiger partial charge in [-0.2, -0.15) is 13.2 Å². The van der Waals surface area contributed by atoms with E-state index in [1.54, 1.807) is 0 Å². The Labute approximate surface area is 91.5 Å². The van der Waals surface area contributed by atoms with Crippen LogP contribution in [0.4, 0.5) is 13.2 Å². The first-order valence-electron chi connectivity index (χ1n) is 4.33. The van der Waals surface area contributed by atoms with Gasteiger partial charge in [0.05, 0.1) is 0 Å². The third kappa shape index (κ3) is 5.27. The summed E-state index contributed by atoms with van der Waals surface area (Å²) in [6, 6.07) is 0. The van der Waals surface area contributed by atoms with Gasteiger partial charge in [-0.3, -0.25) is 0 Å². The minimum Gasteiger partial charge on any atom is -0.381 e. The summed E-state index contributed by atoms with van der Waals surface area (Å²) in [6.07, 6.45) is -3.29. The largest absolute Gasteiger partial charge is 0.421 e. The van der Waals surface area contributed by atoms with Crippen LogP contribution in [-0.4, -0.2) is 23.7 Å². The third-order valence-corrected chi connectivity index (χ3v) is 2.42. The van der Waals surface area contributed by atoms with Gasteiger partial charge in [0, 0.05) is 19.6 Å². The third-order valence-electron chi connectivity index (χ3n) is 1.62. The number of hydrogen-bond donors (Lipinski definition) is 0. The lowest BCUT2D eigenvalue weighted by Crippen LogP contribution is -2.35. The minimum atomic E-state index is -4.61. The highest BCUT2D eigenvalue weighted by molar-refractivity contribution is 6.49. The van der Waals surface area contributed by atoms with Gasteiger partial charge in [0.15, 0.2) is 0 Å². The molecule has 0 saturated carbocycles. The molecule has 0 aliphatic rings. The van der Waals surface area contributed by atoms with Gasteiger partial charge in [-0.1, -0.05) is 36.5 Å². The summed E-state index contributed by atoms with van der Waals surface area (Å²) in [5, 5.41) is 0. The molecule has 0 N–H and O–H groups in total. The van der Waals surface area contributed by atoms with Crippen molar-refractivity contribution in [3.05, 3.63) is 0 Å². The molecule has 86 valence electrons. The van der Waals surface area contributed by atoms with Crippen LogP contribution in [0.5, 0.6) is 0 Å². The second-order valence-electron chi connectivity index (χ2n) is 2.92. The number of halogens is 5. The Hall–Kier alpha value is 0.330. The molecule has 0 bridgehead atoms. The van der Waals surface area contributed by atoms with Crippen LogP contribution in [0, 0.1) is 0 Å². The van der Waals surface area contributed by atoms with Crippen molar-refractivity contribution in [1.29, 1.82) is 0 Å². The van der Waals surface area contributed by atoms with Crippen LogP contribution < -0.4 is 0 Å². The van der Waals surface area contributed by atoms with Crippen molar-refractivity contribution in [2.75, 3.05) is 13.2 Å². The van der Waals surface area contributed by atoms with Crippen molar-refractivity contribution in [3.63, 3.8) is 0 Å². The van der Waals surface area contributed by atoms with E-state index in [9.17, 15) is 13.2 Å². The van der Waals surface area contributed by atoms with Crippen LogP contribution in [0.15, 0.2) is 0 Å². The number of rotatable bonds is 6. The second kappa shape index (κ2) is 6.03. The van der Waals surface area contributed by atoms with E-state index in [2.05, 4.69) is 0 Å². The summed E-state index contributed by atoms with van der Waals surface area (Å²) in [7, 11) is 0. The highest BCUT2D eigenvalue weighted by atomic mass is 35.5. The molecule has 0 spiro atoms. The van der Waals surface area contributed by atoms with Crippen molar-refractivity contribution in [1.82, 2.24) is 0 Å². The maximum absolute atomic E-state index is 12.1. The zero-order valence-corrected chi connectivity index (χ0v) is 9.35. The summed E-state index contributed by atoms with van der Waals surface area (Å²) in [6.45, 7) is 2.33. The lowest BCUT2D eigenvalue weighted by molar-refractivity contribution is -0.145. The van der Waals surface area contributed by atoms with Crippen molar-refractivity contribution < 1.29 is 17.9 Å². The molecule has 0 unspecified atom stereocenters. The molecule has 0 atom stereocenters. The molecule has 0 aromatic rings. The predicted octanol–water partition coefficient (Wildman–Crippen LogP) is 3.93. The van der Waals surface area contributed by atoms with E-state index in [0.717, 1.165) is 12.8 Å². The molecule has 14 heavy (non-hydrogen) atoms. The molecule has 0 aromatic carbocycles. The molecular formula is C8H13Cl2F3O. The van der Waals surface area contributed by atoms with E-state index in [-0.39, 0.29) is 6.61 Å². The second-order valence-corrected chi connectivity index (χ2v) is 4.40. The van der Waals surface area contributed by atoms with Crippen LogP contribution in [0.2, 0.25) is 0 Å². The van der Waals surface area contributed by atoms with Crippen LogP contribution in [0.3, 0.4) is 0 Å².